The zero-order valence-electron chi connectivity index (χ0n) is 33.0. The summed E-state index contributed by atoms with van der Waals surface area (Å²) in [5.74, 6) is 0. The number of rotatable bonds is 10. The van der Waals surface area contributed by atoms with Crippen molar-refractivity contribution >= 4 is 56.6 Å². The fourth-order valence-corrected chi connectivity index (χ4v) is 8.41. The molecule has 0 bridgehead atoms. The van der Waals surface area contributed by atoms with Gasteiger partial charge in [0.15, 0.2) is 0 Å². The summed E-state index contributed by atoms with van der Waals surface area (Å²) in [6, 6.07) is 49.8. The summed E-state index contributed by atoms with van der Waals surface area (Å²) in [5.41, 5.74) is 17.1. The van der Waals surface area contributed by atoms with E-state index in [0.717, 1.165) is 24.0 Å². The minimum Gasteiger partial charge on any atom is -0.0984 e. The van der Waals surface area contributed by atoms with E-state index in [0.29, 0.717) is 0 Å². The second-order valence-electron chi connectivity index (χ2n) is 14.7. The van der Waals surface area contributed by atoms with Crippen LogP contribution in [0.3, 0.4) is 0 Å². The predicted octanol–water partition coefficient (Wildman–Crippen LogP) is 16.4. The van der Waals surface area contributed by atoms with Gasteiger partial charge in [-0.15, -0.1) is 0 Å². The van der Waals surface area contributed by atoms with Gasteiger partial charge in [0.05, 0.1) is 0 Å². The van der Waals surface area contributed by atoms with Crippen molar-refractivity contribution in [3.8, 4) is 44.5 Å². The third-order valence-corrected chi connectivity index (χ3v) is 11.3. The van der Waals surface area contributed by atoms with Gasteiger partial charge in [-0.25, -0.2) is 0 Å². The largest absolute Gasteiger partial charge is 0.0984 e. The number of fused-ring (bicyclic) bond motifs is 3. The van der Waals surface area contributed by atoms with Crippen molar-refractivity contribution in [1.82, 2.24) is 0 Å². The second kappa shape index (κ2) is 15.7. The van der Waals surface area contributed by atoms with Gasteiger partial charge in [-0.05, 0) is 161 Å². The Labute approximate surface area is 332 Å². The van der Waals surface area contributed by atoms with E-state index in [2.05, 4.69) is 199 Å². The molecule has 0 aromatic heterocycles. The van der Waals surface area contributed by atoms with Crippen molar-refractivity contribution in [2.24, 2.45) is 0 Å². The summed E-state index contributed by atoms with van der Waals surface area (Å²) in [6.45, 7) is 17.4. The lowest BCUT2D eigenvalue weighted by atomic mass is 9.82. The van der Waals surface area contributed by atoms with Gasteiger partial charge in [0, 0.05) is 0 Å². The first-order valence-corrected chi connectivity index (χ1v) is 19.9. The van der Waals surface area contributed by atoms with E-state index in [1.807, 2.05) is 12.2 Å². The topological polar surface area (TPSA) is 0 Å². The standard InChI is InChI=1S/C56H48/c1-7-12-16-39-19-21-41(31-37(39)6)43-23-25-47-35-49(29-27-45(47)33-43)55-51(10-4)52(11-5)56(54-18-14-13-17-53(54)55)50-30-28-46-34-44(24-26-48(46)36-50)42-22-20-40(15-8-2)38(9-3)32-42/h8,10-36H,4-5,7,9H2,1-3,6H3/b15-8-,16-12-. The highest BCUT2D eigenvalue weighted by Crippen LogP contribution is 2.44. The van der Waals surface area contributed by atoms with E-state index >= 15 is 0 Å². The van der Waals surface area contributed by atoms with Crippen LogP contribution in [0.25, 0.3) is 101 Å². The Hall–Kier alpha value is -6.50. The van der Waals surface area contributed by atoms with E-state index in [1.165, 1.54) is 99.1 Å². The molecule has 0 amide bonds. The molecule has 0 radical (unpaired) electrons. The number of hydrogen-bond donors (Lipinski definition) is 0. The van der Waals surface area contributed by atoms with Crippen LogP contribution in [0.1, 0.15) is 60.6 Å². The third kappa shape index (κ3) is 6.73. The first kappa shape index (κ1) is 36.5. The predicted molar refractivity (Wildman–Crippen MR) is 249 cm³/mol. The van der Waals surface area contributed by atoms with Crippen molar-refractivity contribution < 1.29 is 0 Å². The normalized spacial score (nSPS) is 11.7. The summed E-state index contributed by atoms with van der Waals surface area (Å²) < 4.78 is 0. The van der Waals surface area contributed by atoms with Gasteiger partial charge < -0.3 is 0 Å². The number of allylic oxidation sites excluding steroid dienone is 2. The minimum atomic E-state index is 1.00. The van der Waals surface area contributed by atoms with Gasteiger partial charge in [-0.1, -0.05) is 173 Å². The highest BCUT2D eigenvalue weighted by molar-refractivity contribution is 6.13. The highest BCUT2D eigenvalue weighted by Gasteiger charge is 2.19. The van der Waals surface area contributed by atoms with Crippen molar-refractivity contribution in [2.45, 2.75) is 40.5 Å². The fourth-order valence-electron chi connectivity index (χ4n) is 8.41. The molecule has 272 valence electrons. The molecule has 0 heteroatoms. The summed E-state index contributed by atoms with van der Waals surface area (Å²) in [5, 5.41) is 7.28. The number of aryl methyl sites for hydroxylation is 2. The molecule has 0 unspecified atom stereocenters. The molecule has 0 aliphatic carbocycles. The summed E-state index contributed by atoms with van der Waals surface area (Å²) >= 11 is 0. The number of hydrogen-bond acceptors (Lipinski definition) is 0. The molecule has 56 heavy (non-hydrogen) atoms. The van der Waals surface area contributed by atoms with Gasteiger partial charge in [-0.3, -0.25) is 0 Å². The van der Waals surface area contributed by atoms with Crippen LogP contribution in [-0.4, -0.2) is 0 Å². The Morgan fingerprint density at radius 3 is 1.39 bits per heavy atom. The minimum absolute atomic E-state index is 1.00. The van der Waals surface area contributed by atoms with Gasteiger partial charge in [0.25, 0.3) is 0 Å². The first-order valence-electron chi connectivity index (χ1n) is 19.9. The average molecular weight is 721 g/mol. The quantitative estimate of drug-likeness (QED) is 0.132. The van der Waals surface area contributed by atoms with E-state index in [1.54, 1.807) is 0 Å². The van der Waals surface area contributed by atoms with Crippen molar-refractivity contribution in [2.75, 3.05) is 0 Å². The molecule has 0 nitrogen and oxygen atoms in total. The van der Waals surface area contributed by atoms with Crippen LogP contribution in [0.15, 0.2) is 159 Å². The molecular formula is C56H48. The molecule has 0 aliphatic heterocycles. The molecule has 0 heterocycles. The van der Waals surface area contributed by atoms with Crippen LogP contribution in [0.4, 0.5) is 0 Å². The molecule has 8 aromatic rings. The zero-order chi connectivity index (χ0) is 38.8. The SMILES string of the molecule is C=Cc1c(C=C)c(-c2ccc3cc(-c4ccc(/C=C\C)c(CC)c4)ccc3c2)c2ccccc2c1-c1ccc2cc(-c3ccc(/C=C\CC)c(C)c3)ccc2c1. The smallest absolute Gasteiger partial charge is 0.00264 e. The van der Waals surface area contributed by atoms with Crippen molar-refractivity contribution in [3.05, 3.63) is 192 Å². The van der Waals surface area contributed by atoms with Crippen LogP contribution in [0, 0.1) is 6.92 Å². The Bertz CT molecular complexity index is 2870. The Kier molecular flexibility index (Phi) is 10.2. The monoisotopic (exact) mass is 720 g/mol. The molecule has 0 saturated heterocycles. The maximum absolute atomic E-state index is 4.37. The van der Waals surface area contributed by atoms with Gasteiger partial charge >= 0.3 is 0 Å². The molecule has 0 saturated carbocycles. The van der Waals surface area contributed by atoms with Crippen LogP contribution in [-0.2, 0) is 6.42 Å². The average Bonchev–Trinajstić information content (AvgIpc) is 3.24. The third-order valence-electron chi connectivity index (χ3n) is 11.3. The lowest BCUT2D eigenvalue weighted by molar-refractivity contribution is 1.13. The molecule has 0 spiro atoms. The molecule has 0 N–H and O–H groups in total. The van der Waals surface area contributed by atoms with E-state index < -0.39 is 0 Å². The summed E-state index contributed by atoms with van der Waals surface area (Å²) in [7, 11) is 0. The van der Waals surface area contributed by atoms with Gasteiger partial charge in [0.1, 0.15) is 0 Å². The molecule has 0 atom stereocenters. The summed E-state index contributed by atoms with van der Waals surface area (Å²) in [4.78, 5) is 0. The van der Waals surface area contributed by atoms with E-state index in [4.69, 9.17) is 0 Å². The molecule has 0 aliphatic rings. The zero-order valence-corrected chi connectivity index (χ0v) is 33.0. The summed E-state index contributed by atoms with van der Waals surface area (Å²) in [6.07, 6.45) is 14.8. The maximum Gasteiger partial charge on any atom is -0.00264 e. The molecular weight excluding hydrogens is 673 g/mol. The van der Waals surface area contributed by atoms with Crippen molar-refractivity contribution in [3.63, 3.8) is 0 Å². The van der Waals surface area contributed by atoms with E-state index in [9.17, 15) is 0 Å². The van der Waals surface area contributed by atoms with Crippen LogP contribution in [0.2, 0.25) is 0 Å². The Morgan fingerprint density at radius 1 is 0.482 bits per heavy atom. The molecule has 8 aromatic carbocycles. The van der Waals surface area contributed by atoms with Crippen LogP contribution < -0.4 is 0 Å². The molecule has 0 fully saturated rings. The first-order chi connectivity index (χ1) is 27.4. The van der Waals surface area contributed by atoms with Gasteiger partial charge in [-0.2, -0.15) is 0 Å². The number of benzene rings is 8. The lowest BCUT2D eigenvalue weighted by Crippen LogP contribution is -1.96. The van der Waals surface area contributed by atoms with E-state index in [-0.39, 0.29) is 0 Å². The Morgan fingerprint density at radius 2 is 0.929 bits per heavy atom. The lowest BCUT2D eigenvalue weighted by Gasteiger charge is -2.21. The molecule has 8 rings (SSSR count). The van der Waals surface area contributed by atoms with Gasteiger partial charge in [0.2, 0.25) is 0 Å². The van der Waals surface area contributed by atoms with Crippen LogP contribution >= 0.6 is 0 Å². The maximum atomic E-state index is 4.37. The van der Waals surface area contributed by atoms with Crippen LogP contribution in [0.5, 0.6) is 0 Å². The second-order valence-corrected chi connectivity index (χ2v) is 14.7. The van der Waals surface area contributed by atoms with Crippen molar-refractivity contribution in [1.29, 1.82) is 0 Å². The Balaban J connectivity index is 1.20. The highest BCUT2D eigenvalue weighted by atomic mass is 14.2. The fraction of sp³-hybridized carbons (Fsp3) is 0.107.